The van der Waals surface area contributed by atoms with Gasteiger partial charge in [-0.2, -0.15) is 0 Å². The van der Waals surface area contributed by atoms with Crippen molar-refractivity contribution in [2.75, 3.05) is 17.9 Å². The molecular formula is C33H33ClFN3O4S. The SMILES string of the molecule is CNC(=O)[C@@H](Cc1ccccc1)N(Cc1ccc(F)cc1)C(=O)CN(c1ccc(Cl)cc1C)S(=O)(=O)c1ccc(C)cc1. The van der Waals surface area contributed by atoms with Gasteiger partial charge in [0.25, 0.3) is 10.0 Å². The molecule has 0 bridgehead atoms. The predicted octanol–water partition coefficient (Wildman–Crippen LogP) is 5.68. The van der Waals surface area contributed by atoms with E-state index in [-0.39, 0.29) is 23.5 Å². The predicted molar refractivity (Wildman–Crippen MR) is 167 cm³/mol. The van der Waals surface area contributed by atoms with E-state index in [2.05, 4.69) is 5.32 Å². The molecule has 10 heteroatoms. The third-order valence-corrected chi connectivity index (χ3v) is 9.11. The highest BCUT2D eigenvalue weighted by Crippen LogP contribution is 2.30. The molecule has 7 nitrogen and oxygen atoms in total. The lowest BCUT2D eigenvalue weighted by molar-refractivity contribution is -0.139. The number of nitrogens with one attached hydrogen (secondary N) is 1. The van der Waals surface area contributed by atoms with Gasteiger partial charge in [-0.05, 0) is 73.0 Å². The molecule has 2 amide bonds. The summed E-state index contributed by atoms with van der Waals surface area (Å²) < 4.78 is 43.0. The van der Waals surface area contributed by atoms with Crippen LogP contribution in [-0.2, 0) is 32.6 Å². The number of anilines is 1. The Hall–Kier alpha value is -4.21. The molecule has 0 heterocycles. The first-order chi connectivity index (χ1) is 20.5. The van der Waals surface area contributed by atoms with E-state index in [0.29, 0.717) is 16.1 Å². The van der Waals surface area contributed by atoms with Crippen molar-refractivity contribution in [1.82, 2.24) is 10.2 Å². The standard InChI is InChI=1S/C33H33ClFN3O4S/c1-23-9-16-29(17-10-23)43(41,42)38(30-18-13-27(34)19-24(30)2)22-32(39)37(21-26-11-14-28(35)15-12-26)31(33(40)36-3)20-25-7-5-4-6-8-25/h4-19,31H,20-22H2,1-3H3,(H,36,40)/t31-/m1/s1. The van der Waals surface area contributed by atoms with Crippen LogP contribution >= 0.6 is 11.6 Å². The zero-order chi connectivity index (χ0) is 31.1. The second-order valence-electron chi connectivity index (χ2n) is 10.2. The lowest BCUT2D eigenvalue weighted by Gasteiger charge is -2.34. The topological polar surface area (TPSA) is 86.8 Å². The molecule has 0 fully saturated rings. The maximum absolute atomic E-state index is 14.3. The van der Waals surface area contributed by atoms with Crippen LogP contribution in [0.2, 0.25) is 5.02 Å². The van der Waals surface area contributed by atoms with Crippen molar-refractivity contribution in [1.29, 1.82) is 0 Å². The van der Waals surface area contributed by atoms with E-state index >= 15 is 0 Å². The van der Waals surface area contributed by atoms with E-state index in [1.807, 2.05) is 37.3 Å². The van der Waals surface area contributed by atoms with Crippen LogP contribution in [-0.4, -0.2) is 44.8 Å². The molecule has 4 aromatic rings. The molecule has 1 atom stereocenters. The summed E-state index contributed by atoms with van der Waals surface area (Å²) in [4.78, 5) is 29.0. The first kappa shape index (κ1) is 31.7. The number of likely N-dealkylation sites (N-methyl/N-ethyl adjacent to an activating group) is 1. The molecule has 0 aromatic heterocycles. The van der Waals surface area contributed by atoms with E-state index in [9.17, 15) is 22.4 Å². The average molecular weight is 622 g/mol. The third kappa shape index (κ3) is 7.80. The van der Waals surface area contributed by atoms with Crippen molar-refractivity contribution < 1.29 is 22.4 Å². The van der Waals surface area contributed by atoms with Crippen molar-refractivity contribution >= 4 is 39.1 Å². The summed E-state index contributed by atoms with van der Waals surface area (Å²) in [6.07, 6.45) is 0.179. The summed E-state index contributed by atoms with van der Waals surface area (Å²) in [5.74, 6) is -1.48. The fraction of sp³-hybridized carbons (Fsp3) is 0.212. The second-order valence-corrected chi connectivity index (χ2v) is 12.5. The van der Waals surface area contributed by atoms with Gasteiger partial charge in [0.05, 0.1) is 10.6 Å². The summed E-state index contributed by atoms with van der Waals surface area (Å²) in [5.41, 5.74) is 3.09. The van der Waals surface area contributed by atoms with E-state index < -0.39 is 40.2 Å². The summed E-state index contributed by atoms with van der Waals surface area (Å²) in [7, 11) is -2.75. The zero-order valence-corrected chi connectivity index (χ0v) is 25.7. The Balaban J connectivity index is 1.81. The summed E-state index contributed by atoms with van der Waals surface area (Å²) >= 11 is 6.18. The molecular weight excluding hydrogens is 589 g/mol. The molecule has 4 rings (SSSR count). The highest BCUT2D eigenvalue weighted by molar-refractivity contribution is 7.92. The average Bonchev–Trinajstić information content (AvgIpc) is 2.99. The Morgan fingerprint density at radius 1 is 0.884 bits per heavy atom. The van der Waals surface area contributed by atoms with Gasteiger partial charge < -0.3 is 10.2 Å². The van der Waals surface area contributed by atoms with E-state index in [0.717, 1.165) is 15.4 Å². The molecule has 0 spiro atoms. The van der Waals surface area contributed by atoms with Crippen LogP contribution in [0.3, 0.4) is 0 Å². The maximum atomic E-state index is 14.3. The van der Waals surface area contributed by atoms with Crippen molar-refractivity contribution in [3.63, 3.8) is 0 Å². The molecule has 0 unspecified atom stereocenters. The largest absolute Gasteiger partial charge is 0.357 e. The molecule has 224 valence electrons. The molecule has 1 N–H and O–H groups in total. The van der Waals surface area contributed by atoms with E-state index in [1.54, 1.807) is 37.3 Å². The minimum absolute atomic E-state index is 0.0115. The van der Waals surface area contributed by atoms with Gasteiger partial charge in [0.1, 0.15) is 18.4 Å². The van der Waals surface area contributed by atoms with Crippen LogP contribution in [0.1, 0.15) is 22.3 Å². The quantitative estimate of drug-likeness (QED) is 0.234. The van der Waals surface area contributed by atoms with Gasteiger partial charge in [-0.3, -0.25) is 13.9 Å². The van der Waals surface area contributed by atoms with Crippen molar-refractivity contribution in [2.24, 2.45) is 0 Å². The smallest absolute Gasteiger partial charge is 0.264 e. The lowest BCUT2D eigenvalue weighted by Crippen LogP contribution is -2.53. The number of benzene rings is 4. The van der Waals surface area contributed by atoms with Gasteiger partial charge in [0.2, 0.25) is 11.8 Å². The fourth-order valence-electron chi connectivity index (χ4n) is 4.76. The zero-order valence-electron chi connectivity index (χ0n) is 24.1. The molecule has 43 heavy (non-hydrogen) atoms. The Morgan fingerprint density at radius 2 is 1.53 bits per heavy atom. The van der Waals surface area contributed by atoms with Gasteiger partial charge in [-0.1, -0.05) is 71.8 Å². The summed E-state index contributed by atoms with van der Waals surface area (Å²) in [5, 5.41) is 3.06. The Morgan fingerprint density at radius 3 is 2.14 bits per heavy atom. The first-order valence-corrected chi connectivity index (χ1v) is 15.5. The normalized spacial score (nSPS) is 11.9. The number of carbonyl (C=O) groups is 2. The van der Waals surface area contributed by atoms with Crippen LogP contribution in [0.15, 0.2) is 102 Å². The van der Waals surface area contributed by atoms with Gasteiger partial charge in [0, 0.05) is 25.0 Å². The highest BCUT2D eigenvalue weighted by atomic mass is 35.5. The van der Waals surface area contributed by atoms with Gasteiger partial charge in [-0.15, -0.1) is 0 Å². The number of hydrogen-bond acceptors (Lipinski definition) is 4. The lowest BCUT2D eigenvalue weighted by atomic mass is 10.0. The monoisotopic (exact) mass is 621 g/mol. The number of amides is 2. The van der Waals surface area contributed by atoms with Crippen molar-refractivity contribution in [2.45, 2.75) is 37.8 Å². The van der Waals surface area contributed by atoms with Crippen molar-refractivity contribution in [3.05, 3.63) is 130 Å². The van der Waals surface area contributed by atoms with Crippen LogP contribution in [0, 0.1) is 19.7 Å². The van der Waals surface area contributed by atoms with E-state index in [1.165, 1.54) is 48.3 Å². The fourth-order valence-corrected chi connectivity index (χ4v) is 6.46. The van der Waals surface area contributed by atoms with Gasteiger partial charge in [-0.25, -0.2) is 12.8 Å². The molecule has 0 aliphatic rings. The molecule has 4 aromatic carbocycles. The molecule has 0 radical (unpaired) electrons. The number of sulfonamides is 1. The number of halogens is 2. The first-order valence-electron chi connectivity index (χ1n) is 13.6. The molecule has 0 saturated heterocycles. The number of rotatable bonds is 11. The third-order valence-electron chi connectivity index (χ3n) is 7.10. The minimum Gasteiger partial charge on any atom is -0.357 e. The van der Waals surface area contributed by atoms with Crippen LogP contribution in [0.25, 0.3) is 0 Å². The van der Waals surface area contributed by atoms with Gasteiger partial charge >= 0.3 is 0 Å². The van der Waals surface area contributed by atoms with Crippen LogP contribution in [0.5, 0.6) is 0 Å². The summed E-state index contributed by atoms with van der Waals surface area (Å²) in [6, 6.07) is 24.9. The van der Waals surface area contributed by atoms with Crippen LogP contribution in [0.4, 0.5) is 10.1 Å². The highest BCUT2D eigenvalue weighted by Gasteiger charge is 2.34. The van der Waals surface area contributed by atoms with E-state index in [4.69, 9.17) is 11.6 Å². The molecule has 0 aliphatic heterocycles. The van der Waals surface area contributed by atoms with Crippen LogP contribution < -0.4 is 9.62 Å². The van der Waals surface area contributed by atoms with Crippen molar-refractivity contribution in [3.8, 4) is 0 Å². The number of carbonyl (C=O) groups excluding carboxylic acids is 2. The summed E-state index contributed by atoms with van der Waals surface area (Å²) in [6.45, 7) is 2.91. The minimum atomic E-state index is -4.23. The number of nitrogens with zero attached hydrogens (tertiary/aromatic N) is 2. The maximum Gasteiger partial charge on any atom is 0.264 e. The number of aryl methyl sites for hydroxylation is 2. The second kappa shape index (κ2) is 13.8. The van der Waals surface area contributed by atoms with Gasteiger partial charge in [0.15, 0.2) is 0 Å². The molecule has 0 aliphatic carbocycles. The Kier molecular flexibility index (Phi) is 10.2. The Labute approximate surface area is 257 Å². The number of hydrogen-bond donors (Lipinski definition) is 1. The molecule has 0 saturated carbocycles. The Bertz CT molecular complexity index is 1680.